The number of hydrogen-bond acceptors (Lipinski definition) is 4. The lowest BCUT2D eigenvalue weighted by Crippen LogP contribution is -2.48. The maximum atomic E-state index is 14.9. The van der Waals surface area contributed by atoms with Gasteiger partial charge in [-0.25, -0.2) is 4.39 Å². The predicted molar refractivity (Wildman–Crippen MR) is 127 cm³/mol. The lowest BCUT2D eigenvalue weighted by Gasteiger charge is -2.35. The molecule has 7 heteroatoms. The molecule has 0 spiro atoms. The Morgan fingerprint density at radius 3 is 2.76 bits per heavy atom. The van der Waals surface area contributed by atoms with Gasteiger partial charge in [-0.3, -0.25) is 20.5 Å². The molecule has 1 aromatic rings. The third-order valence-corrected chi connectivity index (χ3v) is 7.30. The molecule has 0 aromatic heterocycles. The normalized spacial score (nSPS) is 25.5. The van der Waals surface area contributed by atoms with Crippen LogP contribution in [0.3, 0.4) is 0 Å². The highest BCUT2D eigenvalue weighted by Gasteiger charge is 2.34. The van der Waals surface area contributed by atoms with Crippen LogP contribution in [0.4, 0.5) is 4.39 Å². The monoisotopic (exact) mass is 449 g/mol. The van der Waals surface area contributed by atoms with Crippen LogP contribution < -0.4 is 5.32 Å². The van der Waals surface area contributed by atoms with E-state index in [1.807, 2.05) is 25.2 Å². The Hall–Kier alpha value is -2.80. The smallest absolute Gasteiger partial charge is 0.254 e. The molecule has 1 saturated carbocycles. The van der Waals surface area contributed by atoms with E-state index in [1.165, 1.54) is 18.9 Å². The number of piperidine rings is 1. The Bertz CT molecular complexity index is 1070. The molecule has 1 unspecified atom stereocenters. The Morgan fingerprint density at radius 2 is 2.00 bits per heavy atom. The average molecular weight is 450 g/mol. The Labute approximate surface area is 194 Å². The van der Waals surface area contributed by atoms with E-state index in [0.717, 1.165) is 49.1 Å². The zero-order chi connectivity index (χ0) is 23.2. The summed E-state index contributed by atoms with van der Waals surface area (Å²) < 4.78 is 14.9. The topological polar surface area (TPSA) is 83.3 Å². The van der Waals surface area contributed by atoms with Gasteiger partial charge in [0.05, 0.1) is 11.1 Å². The number of carbonyl (C=O) groups excluding carboxylic acids is 1. The van der Waals surface area contributed by atoms with Crippen molar-refractivity contribution >= 4 is 17.6 Å². The van der Waals surface area contributed by atoms with Crippen molar-refractivity contribution in [1.82, 2.24) is 15.1 Å². The maximum Gasteiger partial charge on any atom is 0.254 e. The molecule has 0 radical (unpaired) electrons. The Balaban J connectivity index is 1.30. The molecule has 1 amide bonds. The molecule has 1 aromatic carbocycles. The summed E-state index contributed by atoms with van der Waals surface area (Å²) in [4.78, 5) is 17.4. The van der Waals surface area contributed by atoms with E-state index in [1.54, 1.807) is 11.0 Å². The van der Waals surface area contributed by atoms with Gasteiger partial charge in [-0.2, -0.15) is 0 Å². The van der Waals surface area contributed by atoms with Gasteiger partial charge in [0.15, 0.2) is 0 Å². The van der Waals surface area contributed by atoms with Gasteiger partial charge in [-0.1, -0.05) is 18.2 Å². The van der Waals surface area contributed by atoms with E-state index in [4.69, 9.17) is 10.8 Å². The van der Waals surface area contributed by atoms with Crippen LogP contribution in [-0.4, -0.2) is 52.0 Å². The SMILES string of the molecule is CC1(NC(=O)c2cc3c(cc2F)CCN(C2CC2)C3)C=CC=C(C(=N)N2CCCCC2=N)C1. The Morgan fingerprint density at radius 1 is 1.18 bits per heavy atom. The first-order valence-corrected chi connectivity index (χ1v) is 12.0. The minimum atomic E-state index is -0.728. The van der Waals surface area contributed by atoms with Crippen molar-refractivity contribution in [2.45, 2.75) is 70.0 Å². The fourth-order valence-electron chi connectivity index (χ4n) is 5.24. The summed E-state index contributed by atoms with van der Waals surface area (Å²) in [6, 6.07) is 3.92. The second-order valence-corrected chi connectivity index (χ2v) is 10.1. The summed E-state index contributed by atoms with van der Waals surface area (Å²) in [5.41, 5.74) is 2.19. The number of carbonyl (C=O) groups is 1. The van der Waals surface area contributed by atoms with Crippen molar-refractivity contribution in [3.63, 3.8) is 0 Å². The van der Waals surface area contributed by atoms with Crippen LogP contribution in [0, 0.1) is 16.6 Å². The third-order valence-electron chi connectivity index (χ3n) is 7.30. The largest absolute Gasteiger partial charge is 0.343 e. The minimum Gasteiger partial charge on any atom is -0.343 e. The molecule has 3 N–H and O–H groups in total. The number of nitrogens with one attached hydrogen (secondary N) is 3. The van der Waals surface area contributed by atoms with Gasteiger partial charge >= 0.3 is 0 Å². The quantitative estimate of drug-likeness (QED) is 0.477. The molecule has 2 heterocycles. The van der Waals surface area contributed by atoms with Gasteiger partial charge < -0.3 is 10.2 Å². The lowest BCUT2D eigenvalue weighted by molar-refractivity contribution is 0.0917. The Kier molecular flexibility index (Phi) is 5.69. The number of nitrogens with zero attached hydrogens (tertiary/aromatic N) is 2. The number of hydrogen-bond donors (Lipinski definition) is 3. The van der Waals surface area contributed by atoms with Crippen molar-refractivity contribution in [2.24, 2.45) is 0 Å². The van der Waals surface area contributed by atoms with Crippen LogP contribution in [0.2, 0.25) is 0 Å². The van der Waals surface area contributed by atoms with Gasteiger partial charge in [0, 0.05) is 38.5 Å². The van der Waals surface area contributed by atoms with E-state index >= 15 is 0 Å². The maximum absolute atomic E-state index is 14.9. The first-order valence-electron chi connectivity index (χ1n) is 12.0. The average Bonchev–Trinajstić information content (AvgIpc) is 3.63. The number of rotatable bonds is 4. The minimum absolute atomic E-state index is 0.0880. The predicted octanol–water partition coefficient (Wildman–Crippen LogP) is 4.16. The second-order valence-electron chi connectivity index (χ2n) is 10.1. The molecule has 1 saturated heterocycles. The first-order chi connectivity index (χ1) is 15.8. The van der Waals surface area contributed by atoms with Crippen LogP contribution in [0.5, 0.6) is 0 Å². The summed E-state index contributed by atoms with van der Waals surface area (Å²) in [5, 5.41) is 19.8. The lowest BCUT2D eigenvalue weighted by atomic mass is 9.86. The highest BCUT2D eigenvalue weighted by atomic mass is 19.1. The number of likely N-dealkylation sites (tertiary alicyclic amines) is 1. The first kappa shape index (κ1) is 22.0. The van der Waals surface area contributed by atoms with Crippen molar-refractivity contribution in [3.8, 4) is 0 Å². The molecule has 1 atom stereocenters. The molecule has 33 heavy (non-hydrogen) atoms. The summed E-state index contributed by atoms with van der Waals surface area (Å²) in [6.45, 7) is 4.32. The fourth-order valence-corrected chi connectivity index (χ4v) is 5.24. The molecule has 174 valence electrons. The highest BCUT2D eigenvalue weighted by Crippen LogP contribution is 2.33. The van der Waals surface area contributed by atoms with Crippen LogP contribution in [0.1, 0.15) is 66.9 Å². The summed E-state index contributed by atoms with van der Waals surface area (Å²) in [6.07, 6.45) is 12.0. The summed E-state index contributed by atoms with van der Waals surface area (Å²) in [5.74, 6) is -0.0993. The number of allylic oxidation sites excluding steroid dienone is 2. The molecular weight excluding hydrogens is 417 g/mol. The molecule has 5 rings (SSSR count). The molecule has 6 nitrogen and oxygen atoms in total. The zero-order valence-electron chi connectivity index (χ0n) is 19.2. The number of amides is 1. The van der Waals surface area contributed by atoms with Crippen LogP contribution >= 0.6 is 0 Å². The van der Waals surface area contributed by atoms with Gasteiger partial charge in [-0.05, 0) is 67.9 Å². The molecule has 0 bridgehead atoms. The molecular formula is C26H32FN5O. The molecule has 2 fully saturated rings. The van der Waals surface area contributed by atoms with E-state index in [2.05, 4.69) is 10.2 Å². The molecule has 2 aliphatic heterocycles. The van der Waals surface area contributed by atoms with Gasteiger partial charge in [-0.15, -0.1) is 0 Å². The van der Waals surface area contributed by atoms with Crippen LogP contribution in [0.25, 0.3) is 0 Å². The van der Waals surface area contributed by atoms with Gasteiger partial charge in [0.1, 0.15) is 17.5 Å². The standard InChI is InChI=1S/C26H32FN5O/c1-26(10-4-5-18(15-26)24(29)32-11-3-2-6-23(32)28)30-25(33)21-13-19-16-31(20-7-8-20)12-9-17(19)14-22(21)27/h4-5,10,13-14,20,28-29H,2-3,6-9,11-12,15-16H2,1H3,(H,30,33). The van der Waals surface area contributed by atoms with E-state index in [0.29, 0.717) is 37.1 Å². The number of halogens is 1. The van der Waals surface area contributed by atoms with Crippen molar-refractivity contribution < 1.29 is 9.18 Å². The second kappa shape index (κ2) is 8.52. The van der Waals surface area contributed by atoms with E-state index in [9.17, 15) is 9.18 Å². The summed E-state index contributed by atoms with van der Waals surface area (Å²) >= 11 is 0. The van der Waals surface area contributed by atoms with Gasteiger partial charge in [0.25, 0.3) is 5.91 Å². The van der Waals surface area contributed by atoms with E-state index in [-0.39, 0.29) is 5.56 Å². The van der Waals surface area contributed by atoms with E-state index < -0.39 is 17.3 Å². The zero-order valence-corrected chi connectivity index (χ0v) is 19.2. The number of fused-ring (bicyclic) bond motifs is 1. The van der Waals surface area contributed by atoms with Crippen LogP contribution in [0.15, 0.2) is 35.9 Å². The van der Waals surface area contributed by atoms with Crippen molar-refractivity contribution in [3.05, 3.63) is 58.4 Å². The van der Waals surface area contributed by atoms with Crippen molar-refractivity contribution in [2.75, 3.05) is 13.1 Å². The fraction of sp³-hybridized carbons (Fsp3) is 0.500. The van der Waals surface area contributed by atoms with Crippen LogP contribution in [-0.2, 0) is 13.0 Å². The third kappa shape index (κ3) is 4.51. The van der Waals surface area contributed by atoms with Gasteiger partial charge in [0.2, 0.25) is 0 Å². The number of amidine groups is 2. The van der Waals surface area contributed by atoms with Crippen molar-refractivity contribution in [1.29, 1.82) is 10.8 Å². The number of benzene rings is 1. The molecule has 4 aliphatic rings. The summed E-state index contributed by atoms with van der Waals surface area (Å²) in [7, 11) is 0. The highest BCUT2D eigenvalue weighted by molar-refractivity contribution is 6.07. The molecule has 2 aliphatic carbocycles.